The molecule has 0 bridgehead atoms. The Kier molecular flexibility index (Phi) is 4.60. The zero-order valence-electron chi connectivity index (χ0n) is 11.4. The number of rotatable bonds is 3. The second-order valence-corrected chi connectivity index (χ2v) is 5.34. The van der Waals surface area contributed by atoms with E-state index in [1.807, 2.05) is 55.5 Å². The fourth-order valence-electron chi connectivity index (χ4n) is 1.89. The summed E-state index contributed by atoms with van der Waals surface area (Å²) in [6, 6.07) is 15.9. The summed E-state index contributed by atoms with van der Waals surface area (Å²) >= 11 is 3.44. The maximum absolute atomic E-state index is 9.37. The molecule has 2 rings (SSSR count). The number of hydrogen-bond acceptors (Lipinski definition) is 2. The predicted octanol–water partition coefficient (Wildman–Crippen LogP) is 4.83. The fraction of sp³-hybridized carbons (Fsp3) is 0.118. The standard InChI is InChI=1S/C17H14BrNO/c1-12-3-5-13(6-4-12)15(11-19)9-14-10-16(18)7-8-17(14)20-2/h3-10H,1-2H3/b15-9+. The van der Waals surface area contributed by atoms with Crippen molar-refractivity contribution in [1.82, 2.24) is 0 Å². The Labute approximate surface area is 127 Å². The molecule has 0 unspecified atom stereocenters. The van der Waals surface area contributed by atoms with Crippen molar-refractivity contribution in [2.24, 2.45) is 0 Å². The topological polar surface area (TPSA) is 33.0 Å². The molecule has 3 heteroatoms. The molecule has 0 radical (unpaired) electrons. The molecule has 0 aromatic heterocycles. The lowest BCUT2D eigenvalue weighted by atomic mass is 10.0. The molecule has 0 saturated heterocycles. The Morgan fingerprint density at radius 2 is 1.90 bits per heavy atom. The van der Waals surface area contributed by atoms with Crippen LogP contribution in [0, 0.1) is 18.3 Å². The molecule has 0 saturated carbocycles. The van der Waals surface area contributed by atoms with Crippen LogP contribution in [0.25, 0.3) is 11.6 Å². The van der Waals surface area contributed by atoms with Crippen molar-refractivity contribution in [1.29, 1.82) is 5.26 Å². The first-order valence-corrected chi connectivity index (χ1v) is 6.95. The monoisotopic (exact) mass is 327 g/mol. The van der Waals surface area contributed by atoms with Crippen molar-refractivity contribution in [3.8, 4) is 11.8 Å². The summed E-state index contributed by atoms with van der Waals surface area (Å²) in [5.41, 5.74) is 3.56. The summed E-state index contributed by atoms with van der Waals surface area (Å²) in [6.07, 6.45) is 1.84. The van der Waals surface area contributed by atoms with E-state index in [0.717, 1.165) is 21.3 Å². The number of methoxy groups -OCH3 is 1. The highest BCUT2D eigenvalue weighted by Gasteiger charge is 2.05. The van der Waals surface area contributed by atoms with Crippen molar-refractivity contribution >= 4 is 27.6 Å². The van der Waals surface area contributed by atoms with Gasteiger partial charge >= 0.3 is 0 Å². The largest absolute Gasteiger partial charge is 0.496 e. The second-order valence-electron chi connectivity index (χ2n) is 4.42. The van der Waals surface area contributed by atoms with Gasteiger partial charge in [-0.2, -0.15) is 5.26 Å². The van der Waals surface area contributed by atoms with E-state index < -0.39 is 0 Å². The lowest BCUT2D eigenvalue weighted by Crippen LogP contribution is -1.88. The Hall–Kier alpha value is -2.05. The molecule has 100 valence electrons. The molecule has 0 aliphatic heterocycles. The Morgan fingerprint density at radius 3 is 2.50 bits per heavy atom. The van der Waals surface area contributed by atoms with Gasteiger partial charge in [-0.15, -0.1) is 0 Å². The number of nitrogens with zero attached hydrogens (tertiary/aromatic N) is 1. The van der Waals surface area contributed by atoms with Gasteiger partial charge in [-0.05, 0) is 36.8 Å². The minimum Gasteiger partial charge on any atom is -0.496 e. The van der Waals surface area contributed by atoms with Crippen LogP contribution in [-0.4, -0.2) is 7.11 Å². The Morgan fingerprint density at radius 1 is 1.20 bits per heavy atom. The van der Waals surface area contributed by atoms with Crippen molar-refractivity contribution in [2.45, 2.75) is 6.92 Å². The van der Waals surface area contributed by atoms with E-state index in [2.05, 4.69) is 22.0 Å². The smallest absolute Gasteiger partial charge is 0.126 e. The van der Waals surface area contributed by atoms with Crippen molar-refractivity contribution in [3.63, 3.8) is 0 Å². The SMILES string of the molecule is COc1ccc(Br)cc1/C=C(\C#N)c1ccc(C)cc1. The first-order valence-electron chi connectivity index (χ1n) is 6.16. The summed E-state index contributed by atoms with van der Waals surface area (Å²) in [7, 11) is 1.62. The summed E-state index contributed by atoms with van der Waals surface area (Å²) in [5, 5.41) is 9.37. The summed E-state index contributed by atoms with van der Waals surface area (Å²) < 4.78 is 6.28. The molecule has 2 aromatic carbocycles. The summed E-state index contributed by atoms with van der Waals surface area (Å²) in [5.74, 6) is 0.744. The van der Waals surface area contributed by atoms with Crippen LogP contribution in [0.1, 0.15) is 16.7 Å². The third-order valence-electron chi connectivity index (χ3n) is 2.97. The van der Waals surface area contributed by atoms with Gasteiger partial charge in [0.15, 0.2) is 0 Å². The first kappa shape index (κ1) is 14.4. The summed E-state index contributed by atoms with van der Waals surface area (Å²) in [6.45, 7) is 2.02. The van der Waals surface area contributed by atoms with Crippen molar-refractivity contribution < 1.29 is 4.74 Å². The molecule has 0 atom stereocenters. The molecule has 0 heterocycles. The van der Waals surface area contributed by atoms with Gasteiger partial charge in [0.05, 0.1) is 18.8 Å². The average molecular weight is 328 g/mol. The number of halogens is 1. The van der Waals surface area contributed by atoms with Crippen LogP contribution < -0.4 is 4.74 Å². The number of hydrogen-bond donors (Lipinski definition) is 0. The molecule has 0 aliphatic rings. The van der Waals surface area contributed by atoms with E-state index in [9.17, 15) is 5.26 Å². The minimum absolute atomic E-state index is 0.612. The molecule has 0 amide bonds. The highest BCUT2D eigenvalue weighted by atomic mass is 79.9. The summed E-state index contributed by atoms with van der Waals surface area (Å²) in [4.78, 5) is 0. The number of allylic oxidation sites excluding steroid dienone is 1. The van der Waals surface area contributed by atoms with Gasteiger partial charge < -0.3 is 4.74 Å². The van der Waals surface area contributed by atoms with Crippen LogP contribution >= 0.6 is 15.9 Å². The van der Waals surface area contributed by atoms with E-state index in [1.165, 1.54) is 5.56 Å². The quantitative estimate of drug-likeness (QED) is 0.597. The van der Waals surface area contributed by atoms with Gasteiger partial charge in [-0.1, -0.05) is 45.8 Å². The zero-order valence-corrected chi connectivity index (χ0v) is 12.9. The number of aryl methyl sites for hydroxylation is 1. The van der Waals surface area contributed by atoms with E-state index in [4.69, 9.17) is 4.74 Å². The van der Waals surface area contributed by atoms with Gasteiger partial charge in [0, 0.05) is 10.0 Å². The first-order chi connectivity index (χ1) is 9.63. The lowest BCUT2D eigenvalue weighted by Gasteiger charge is -2.06. The van der Waals surface area contributed by atoms with Crippen LogP contribution in [0.3, 0.4) is 0 Å². The van der Waals surface area contributed by atoms with Crippen LogP contribution in [0.4, 0.5) is 0 Å². The molecular weight excluding hydrogens is 314 g/mol. The average Bonchev–Trinajstić information content (AvgIpc) is 2.46. The molecule has 0 aliphatic carbocycles. The lowest BCUT2D eigenvalue weighted by molar-refractivity contribution is 0.414. The molecule has 0 spiro atoms. The zero-order chi connectivity index (χ0) is 14.5. The van der Waals surface area contributed by atoms with Gasteiger partial charge in [0.1, 0.15) is 5.75 Å². The maximum Gasteiger partial charge on any atom is 0.126 e. The van der Waals surface area contributed by atoms with E-state index in [0.29, 0.717) is 5.57 Å². The van der Waals surface area contributed by atoms with Crippen molar-refractivity contribution in [3.05, 3.63) is 63.6 Å². The Bertz CT molecular complexity index is 681. The fourth-order valence-corrected chi connectivity index (χ4v) is 2.27. The van der Waals surface area contributed by atoms with Gasteiger partial charge in [-0.25, -0.2) is 0 Å². The van der Waals surface area contributed by atoms with Crippen LogP contribution in [-0.2, 0) is 0 Å². The third kappa shape index (κ3) is 3.28. The minimum atomic E-state index is 0.612. The highest BCUT2D eigenvalue weighted by molar-refractivity contribution is 9.10. The third-order valence-corrected chi connectivity index (χ3v) is 3.47. The molecule has 2 nitrogen and oxygen atoms in total. The molecule has 20 heavy (non-hydrogen) atoms. The van der Waals surface area contributed by atoms with Crippen molar-refractivity contribution in [2.75, 3.05) is 7.11 Å². The maximum atomic E-state index is 9.37. The molecule has 2 aromatic rings. The van der Waals surface area contributed by atoms with Crippen LogP contribution in [0.5, 0.6) is 5.75 Å². The van der Waals surface area contributed by atoms with E-state index >= 15 is 0 Å². The van der Waals surface area contributed by atoms with Gasteiger partial charge in [0.2, 0.25) is 0 Å². The number of ether oxygens (including phenoxy) is 1. The normalized spacial score (nSPS) is 11.0. The number of nitriles is 1. The number of benzene rings is 2. The van der Waals surface area contributed by atoms with Gasteiger partial charge in [0.25, 0.3) is 0 Å². The van der Waals surface area contributed by atoms with Gasteiger partial charge in [-0.3, -0.25) is 0 Å². The molecular formula is C17H14BrNO. The van der Waals surface area contributed by atoms with Crippen LogP contribution in [0.2, 0.25) is 0 Å². The molecule has 0 N–H and O–H groups in total. The molecule has 0 fully saturated rings. The Balaban J connectivity index is 2.49. The predicted molar refractivity (Wildman–Crippen MR) is 85.4 cm³/mol. The second kappa shape index (κ2) is 6.40. The highest BCUT2D eigenvalue weighted by Crippen LogP contribution is 2.27. The van der Waals surface area contributed by atoms with Crippen LogP contribution in [0.15, 0.2) is 46.9 Å². The van der Waals surface area contributed by atoms with E-state index in [-0.39, 0.29) is 0 Å². The van der Waals surface area contributed by atoms with E-state index in [1.54, 1.807) is 7.11 Å².